The molecule has 2 heterocycles. The van der Waals surface area contributed by atoms with Gasteiger partial charge in [-0.25, -0.2) is 18.7 Å². The van der Waals surface area contributed by atoms with Crippen LogP contribution in [0.2, 0.25) is 0 Å². The van der Waals surface area contributed by atoms with Gasteiger partial charge in [0.05, 0.1) is 24.8 Å². The predicted octanol–water partition coefficient (Wildman–Crippen LogP) is 2.85. The number of pyridine rings is 1. The summed E-state index contributed by atoms with van der Waals surface area (Å²) in [5.41, 5.74) is 7.67. The maximum atomic E-state index is 13.7. The molecular weight excluding hydrogens is 274 g/mol. The molecule has 0 aliphatic heterocycles. The van der Waals surface area contributed by atoms with Gasteiger partial charge in [0.25, 0.3) is 0 Å². The summed E-state index contributed by atoms with van der Waals surface area (Å²) in [6, 6.07) is 7.09. The highest BCUT2D eigenvalue weighted by Gasteiger charge is 2.11. The maximum absolute atomic E-state index is 13.7. The lowest BCUT2D eigenvalue weighted by molar-refractivity contribution is 0.566. The third kappa shape index (κ3) is 2.60. The van der Waals surface area contributed by atoms with Crippen molar-refractivity contribution in [2.24, 2.45) is 0 Å². The van der Waals surface area contributed by atoms with Crippen molar-refractivity contribution in [3.8, 4) is 11.3 Å². The van der Waals surface area contributed by atoms with Gasteiger partial charge in [-0.3, -0.25) is 0 Å². The molecule has 3 aromatic rings. The Bertz CT molecular complexity index is 783. The zero-order valence-corrected chi connectivity index (χ0v) is 11.0. The lowest BCUT2D eigenvalue weighted by Gasteiger charge is -2.10. The van der Waals surface area contributed by atoms with Gasteiger partial charge >= 0.3 is 0 Å². The third-order valence-electron chi connectivity index (χ3n) is 3.18. The molecule has 106 valence electrons. The monoisotopic (exact) mass is 286 g/mol. The Morgan fingerprint density at radius 1 is 1.19 bits per heavy atom. The Balaban J connectivity index is 1.98. The summed E-state index contributed by atoms with van der Waals surface area (Å²) in [6.45, 7) is 0.232. The second-order valence-corrected chi connectivity index (χ2v) is 4.58. The molecule has 2 N–H and O–H groups in total. The van der Waals surface area contributed by atoms with Gasteiger partial charge in [-0.1, -0.05) is 6.07 Å². The predicted molar refractivity (Wildman–Crippen MR) is 75.3 cm³/mol. The van der Waals surface area contributed by atoms with Crippen LogP contribution in [0, 0.1) is 11.6 Å². The molecule has 0 bridgehead atoms. The topological polar surface area (TPSA) is 56.7 Å². The largest absolute Gasteiger partial charge is 0.383 e. The molecule has 0 unspecified atom stereocenters. The summed E-state index contributed by atoms with van der Waals surface area (Å²) in [5, 5.41) is 0. The first-order chi connectivity index (χ1) is 10.1. The summed E-state index contributed by atoms with van der Waals surface area (Å²) in [5.74, 6) is -0.814. The molecule has 0 amide bonds. The van der Waals surface area contributed by atoms with Crippen molar-refractivity contribution in [1.82, 2.24) is 14.5 Å². The van der Waals surface area contributed by atoms with E-state index < -0.39 is 11.6 Å². The van der Waals surface area contributed by atoms with Crippen molar-refractivity contribution < 1.29 is 8.78 Å². The highest BCUT2D eigenvalue weighted by molar-refractivity contribution is 5.70. The van der Waals surface area contributed by atoms with E-state index in [-0.39, 0.29) is 6.54 Å². The Kier molecular flexibility index (Phi) is 3.35. The minimum absolute atomic E-state index is 0.232. The average Bonchev–Trinajstić information content (AvgIpc) is 2.90. The van der Waals surface area contributed by atoms with Gasteiger partial charge in [0, 0.05) is 23.4 Å². The number of imidazole rings is 1. The number of nitrogens with two attached hydrogens (primary N) is 1. The van der Waals surface area contributed by atoms with Gasteiger partial charge in [0.15, 0.2) is 0 Å². The van der Waals surface area contributed by atoms with Crippen LogP contribution < -0.4 is 5.73 Å². The van der Waals surface area contributed by atoms with E-state index in [0.29, 0.717) is 11.4 Å². The molecule has 3 rings (SSSR count). The Morgan fingerprint density at radius 2 is 2.05 bits per heavy atom. The van der Waals surface area contributed by atoms with Crippen LogP contribution >= 0.6 is 0 Å². The van der Waals surface area contributed by atoms with Crippen LogP contribution in [0.1, 0.15) is 5.56 Å². The molecule has 21 heavy (non-hydrogen) atoms. The lowest BCUT2D eigenvalue weighted by Crippen LogP contribution is -2.04. The molecule has 4 nitrogen and oxygen atoms in total. The SMILES string of the molecule is Nc1ncccc1-c1cncn1Cc1ccc(F)cc1F. The molecule has 6 heteroatoms. The van der Waals surface area contributed by atoms with E-state index in [4.69, 9.17) is 5.73 Å². The van der Waals surface area contributed by atoms with Crippen molar-refractivity contribution in [1.29, 1.82) is 0 Å². The molecule has 0 aliphatic carbocycles. The number of nitrogens with zero attached hydrogens (tertiary/aromatic N) is 3. The number of benzene rings is 1. The van der Waals surface area contributed by atoms with Gasteiger partial charge in [-0.15, -0.1) is 0 Å². The molecule has 0 spiro atoms. The first kappa shape index (κ1) is 13.2. The number of anilines is 1. The molecule has 0 atom stereocenters. The molecule has 0 saturated heterocycles. The van der Waals surface area contributed by atoms with Crippen molar-refractivity contribution in [2.45, 2.75) is 6.54 Å². The first-order valence-electron chi connectivity index (χ1n) is 6.30. The number of rotatable bonds is 3. The fraction of sp³-hybridized carbons (Fsp3) is 0.0667. The van der Waals surface area contributed by atoms with E-state index in [1.165, 1.54) is 12.1 Å². The van der Waals surface area contributed by atoms with Crippen molar-refractivity contribution >= 4 is 5.82 Å². The van der Waals surface area contributed by atoms with Crippen LogP contribution in [0.15, 0.2) is 49.1 Å². The van der Waals surface area contributed by atoms with Crippen molar-refractivity contribution in [3.63, 3.8) is 0 Å². The second kappa shape index (κ2) is 5.32. The van der Waals surface area contributed by atoms with Crippen LogP contribution in [-0.2, 0) is 6.54 Å². The van der Waals surface area contributed by atoms with Crippen LogP contribution in [0.3, 0.4) is 0 Å². The van der Waals surface area contributed by atoms with E-state index in [1.807, 2.05) is 6.07 Å². The highest BCUT2D eigenvalue weighted by Crippen LogP contribution is 2.24. The maximum Gasteiger partial charge on any atom is 0.132 e. The van der Waals surface area contributed by atoms with E-state index in [0.717, 1.165) is 17.3 Å². The van der Waals surface area contributed by atoms with Gasteiger partial charge in [0.1, 0.15) is 17.5 Å². The summed E-state index contributed by atoms with van der Waals surface area (Å²) >= 11 is 0. The number of hydrogen-bond acceptors (Lipinski definition) is 3. The fourth-order valence-electron chi connectivity index (χ4n) is 2.14. The number of nitrogen functional groups attached to an aromatic ring is 1. The van der Waals surface area contributed by atoms with Crippen LogP contribution in [0.25, 0.3) is 11.3 Å². The van der Waals surface area contributed by atoms with E-state index in [2.05, 4.69) is 9.97 Å². The molecule has 0 radical (unpaired) electrons. The molecule has 1 aromatic carbocycles. The summed E-state index contributed by atoms with van der Waals surface area (Å²) in [4.78, 5) is 8.09. The van der Waals surface area contributed by atoms with Crippen LogP contribution in [0.5, 0.6) is 0 Å². The summed E-state index contributed by atoms with van der Waals surface area (Å²) in [7, 11) is 0. The second-order valence-electron chi connectivity index (χ2n) is 4.58. The first-order valence-corrected chi connectivity index (χ1v) is 6.30. The Labute approximate surface area is 119 Å². The molecule has 0 fully saturated rings. The van der Waals surface area contributed by atoms with E-state index >= 15 is 0 Å². The Morgan fingerprint density at radius 3 is 2.81 bits per heavy atom. The van der Waals surface area contributed by atoms with Crippen molar-refractivity contribution in [2.75, 3.05) is 5.73 Å². The molecular formula is C15H12F2N4. The molecule has 0 saturated carbocycles. The van der Waals surface area contributed by atoms with Gasteiger partial charge in [0.2, 0.25) is 0 Å². The minimum Gasteiger partial charge on any atom is -0.383 e. The average molecular weight is 286 g/mol. The third-order valence-corrected chi connectivity index (χ3v) is 3.18. The lowest BCUT2D eigenvalue weighted by atomic mass is 10.1. The normalized spacial score (nSPS) is 10.8. The van der Waals surface area contributed by atoms with Gasteiger partial charge in [-0.05, 0) is 18.2 Å². The molecule has 0 aliphatic rings. The number of hydrogen-bond donors (Lipinski definition) is 1. The smallest absolute Gasteiger partial charge is 0.132 e. The molecule has 2 aromatic heterocycles. The van der Waals surface area contributed by atoms with E-state index in [1.54, 1.807) is 29.4 Å². The van der Waals surface area contributed by atoms with Gasteiger partial charge in [-0.2, -0.15) is 0 Å². The number of halogens is 2. The van der Waals surface area contributed by atoms with E-state index in [9.17, 15) is 8.78 Å². The van der Waals surface area contributed by atoms with Crippen LogP contribution in [0.4, 0.5) is 14.6 Å². The van der Waals surface area contributed by atoms with Crippen LogP contribution in [-0.4, -0.2) is 14.5 Å². The van der Waals surface area contributed by atoms with Gasteiger partial charge < -0.3 is 10.3 Å². The zero-order valence-electron chi connectivity index (χ0n) is 11.0. The minimum atomic E-state index is -0.599. The zero-order chi connectivity index (χ0) is 14.8. The summed E-state index contributed by atoms with van der Waals surface area (Å²) < 4.78 is 28.4. The Hall–Kier alpha value is -2.76. The fourth-order valence-corrected chi connectivity index (χ4v) is 2.14. The number of aromatic nitrogens is 3. The highest BCUT2D eigenvalue weighted by atomic mass is 19.1. The standard InChI is InChI=1S/C15H12F2N4/c16-11-4-3-10(13(17)6-11)8-21-9-19-7-14(21)12-2-1-5-20-15(12)18/h1-7,9H,8H2,(H2,18,20). The van der Waals surface area contributed by atoms with Crippen molar-refractivity contribution in [3.05, 3.63) is 66.3 Å². The summed E-state index contributed by atoms with van der Waals surface area (Å²) in [6.07, 6.45) is 4.80. The quantitative estimate of drug-likeness (QED) is 0.805.